The van der Waals surface area contributed by atoms with Gasteiger partial charge in [0.05, 0.1) is 0 Å². The molecule has 5 amide bonds. The van der Waals surface area contributed by atoms with Gasteiger partial charge in [0.2, 0.25) is 23.6 Å². The molecule has 3 fully saturated rings. The summed E-state index contributed by atoms with van der Waals surface area (Å²) in [5, 5.41) is 34.0. The number of carboxylic acid groups (broad SMARTS) is 1. The molecule has 0 aromatic heterocycles. The Kier molecular flexibility index (Phi) is 25.4. The largest absolute Gasteiger partial charge is 0.465 e. The Hall–Kier alpha value is -4.86. The number of nitrogens with two attached hydrogens (primary N) is 1. The number of nitrogens with one attached hydrogen (secondary N) is 4. The van der Waals surface area contributed by atoms with Gasteiger partial charge in [-0.05, 0) is 125 Å². The average Bonchev–Trinajstić information content (AvgIpc) is 3.32. The fraction of sp³-hybridized carbons (Fsp3) is 0.622. The number of likely N-dealkylation sites (tertiary alicyclic amines) is 2. The van der Waals surface area contributed by atoms with Crippen LogP contribution < -0.4 is 26.9 Å². The van der Waals surface area contributed by atoms with E-state index >= 15 is 0 Å². The number of hydrogen-bond donors (Lipinski definition) is 9. The first-order chi connectivity index (χ1) is 31.2. The molecule has 0 spiro atoms. The van der Waals surface area contributed by atoms with Crippen molar-refractivity contribution in [2.24, 2.45) is 23.5 Å². The van der Waals surface area contributed by atoms with Crippen molar-refractivity contribution in [2.45, 2.75) is 122 Å². The normalized spacial score (nSPS) is 16.7. The van der Waals surface area contributed by atoms with E-state index in [1.165, 1.54) is 14.8 Å². The van der Waals surface area contributed by atoms with Gasteiger partial charge in [-0.2, -0.15) is 12.7 Å². The molecule has 65 heavy (non-hydrogen) atoms. The van der Waals surface area contributed by atoms with E-state index < -0.39 is 16.3 Å². The Balaban J connectivity index is 0.000000266. The topological polar surface area (TPSA) is 284 Å². The second kappa shape index (κ2) is 30.4. The Morgan fingerprint density at radius 3 is 1.43 bits per heavy atom. The minimum atomic E-state index is -3.51. The molecule has 3 aliphatic rings. The number of benzene rings is 2. The van der Waals surface area contributed by atoms with E-state index in [1.807, 2.05) is 29.2 Å². The molecule has 0 saturated carbocycles. The quantitative estimate of drug-likeness (QED) is 0.0624. The molecule has 19 nitrogen and oxygen atoms in total. The Morgan fingerprint density at radius 1 is 0.615 bits per heavy atom. The molecule has 364 valence electrons. The van der Waals surface area contributed by atoms with Crippen LogP contribution in [0.3, 0.4) is 0 Å². The lowest BCUT2D eigenvalue weighted by molar-refractivity contribution is -0.133. The Labute approximate surface area is 383 Å². The van der Waals surface area contributed by atoms with Gasteiger partial charge in [0, 0.05) is 76.7 Å². The molecule has 2 aromatic rings. The SMILES string of the molecule is N[C@H](CCc1ccccc1)CC(=O)N1CCC(CCCC(=O)NO)CC1.O=C(CCCC1CCN(C(=O)O)CC1)NO.O=C(CCCC1CCN(S(=O)(=O)Nc2ccccc2)CC1)NO. The second-order valence-corrected chi connectivity index (χ2v) is 18.8. The molecule has 20 heteroatoms. The van der Waals surface area contributed by atoms with E-state index in [9.17, 15) is 32.4 Å². The Bertz CT molecular complexity index is 1810. The van der Waals surface area contributed by atoms with Crippen molar-refractivity contribution in [1.82, 2.24) is 30.5 Å². The number of carbonyl (C=O) groups excluding carboxylic acids is 4. The summed E-state index contributed by atoms with van der Waals surface area (Å²) >= 11 is 0. The number of piperidine rings is 3. The van der Waals surface area contributed by atoms with Crippen LogP contribution in [0.15, 0.2) is 60.7 Å². The maximum Gasteiger partial charge on any atom is 0.407 e. The number of hydroxylamine groups is 3. The Morgan fingerprint density at radius 2 is 1.02 bits per heavy atom. The van der Waals surface area contributed by atoms with Gasteiger partial charge in [-0.25, -0.2) is 21.2 Å². The molecule has 0 unspecified atom stereocenters. The van der Waals surface area contributed by atoms with Crippen molar-refractivity contribution in [3.8, 4) is 0 Å². The number of para-hydroxylation sites is 1. The smallest absolute Gasteiger partial charge is 0.407 e. The molecule has 3 aliphatic heterocycles. The summed E-state index contributed by atoms with van der Waals surface area (Å²) in [6, 6.07) is 19.0. The number of aryl methyl sites for hydroxylation is 1. The lowest BCUT2D eigenvalue weighted by Crippen LogP contribution is -2.41. The molecule has 0 aliphatic carbocycles. The van der Waals surface area contributed by atoms with E-state index in [4.69, 9.17) is 26.5 Å². The van der Waals surface area contributed by atoms with Gasteiger partial charge >= 0.3 is 16.3 Å². The minimum absolute atomic E-state index is 0.0996. The van der Waals surface area contributed by atoms with Crippen LogP contribution in [0, 0.1) is 17.8 Å². The van der Waals surface area contributed by atoms with Crippen LogP contribution in [0.25, 0.3) is 0 Å². The summed E-state index contributed by atoms with van der Waals surface area (Å²) in [5.41, 5.74) is 12.9. The molecule has 2 aromatic carbocycles. The lowest BCUT2D eigenvalue weighted by Gasteiger charge is -2.32. The van der Waals surface area contributed by atoms with Crippen LogP contribution in [0.1, 0.15) is 115 Å². The van der Waals surface area contributed by atoms with Gasteiger partial charge in [0.15, 0.2) is 0 Å². The van der Waals surface area contributed by atoms with Gasteiger partial charge in [-0.1, -0.05) is 48.5 Å². The van der Waals surface area contributed by atoms with E-state index in [0.29, 0.717) is 81.7 Å². The summed E-state index contributed by atoms with van der Waals surface area (Å²) in [5.74, 6) is 0.565. The highest BCUT2D eigenvalue weighted by Gasteiger charge is 2.28. The molecule has 5 rings (SSSR count). The average molecular weight is 933 g/mol. The first kappa shape index (κ1) is 54.5. The zero-order valence-corrected chi connectivity index (χ0v) is 38.3. The number of hydrogen-bond acceptors (Lipinski definition) is 11. The fourth-order valence-electron chi connectivity index (χ4n) is 8.32. The molecule has 10 N–H and O–H groups in total. The highest BCUT2D eigenvalue weighted by molar-refractivity contribution is 7.90. The fourth-order valence-corrected chi connectivity index (χ4v) is 9.57. The summed E-state index contributed by atoms with van der Waals surface area (Å²) in [7, 11) is -3.51. The second-order valence-electron chi connectivity index (χ2n) is 17.1. The zero-order chi connectivity index (χ0) is 47.5. The first-order valence-electron chi connectivity index (χ1n) is 22.9. The van der Waals surface area contributed by atoms with E-state index in [1.54, 1.807) is 40.7 Å². The van der Waals surface area contributed by atoms with Crippen LogP contribution in [0.5, 0.6) is 0 Å². The van der Waals surface area contributed by atoms with Gasteiger partial charge in [0.25, 0.3) is 0 Å². The van der Waals surface area contributed by atoms with Gasteiger partial charge < -0.3 is 20.6 Å². The number of nitrogens with zero attached hydrogens (tertiary/aromatic N) is 3. The highest BCUT2D eigenvalue weighted by Crippen LogP contribution is 2.26. The molecule has 3 heterocycles. The third kappa shape index (κ3) is 22.3. The summed E-state index contributed by atoms with van der Waals surface area (Å²) in [4.78, 5) is 59.2. The highest BCUT2D eigenvalue weighted by atomic mass is 32.2. The van der Waals surface area contributed by atoms with E-state index in [0.717, 1.165) is 96.6 Å². The summed E-state index contributed by atoms with van der Waals surface area (Å²) in [6.45, 7) is 3.71. The summed E-state index contributed by atoms with van der Waals surface area (Å²) < 4.78 is 28.7. The number of rotatable bonds is 20. The van der Waals surface area contributed by atoms with Crippen molar-refractivity contribution < 1.29 is 53.1 Å². The first-order valence-corrected chi connectivity index (χ1v) is 24.3. The van der Waals surface area contributed by atoms with Crippen molar-refractivity contribution in [3.63, 3.8) is 0 Å². The monoisotopic (exact) mass is 933 g/mol. The van der Waals surface area contributed by atoms with Crippen LogP contribution in [-0.4, -0.2) is 118 Å². The maximum atomic E-state index is 12.4. The predicted molar refractivity (Wildman–Crippen MR) is 244 cm³/mol. The van der Waals surface area contributed by atoms with Crippen molar-refractivity contribution in [3.05, 3.63) is 66.2 Å². The number of carbonyl (C=O) groups is 5. The van der Waals surface area contributed by atoms with Crippen LogP contribution in [-0.2, 0) is 35.8 Å². The lowest BCUT2D eigenvalue weighted by atomic mass is 9.91. The summed E-state index contributed by atoms with van der Waals surface area (Å²) in [6.07, 6.45) is 12.5. The predicted octanol–water partition coefficient (Wildman–Crippen LogP) is 5.03. The van der Waals surface area contributed by atoms with Crippen LogP contribution >= 0.6 is 0 Å². The molecule has 0 bridgehead atoms. The standard InChI is InChI=1S/C20H31N3O3.C15H23N3O4S.C10H18N2O4/c21-18(10-9-16-5-2-1-3-6-16)15-20(25)23-13-11-17(12-14-23)7-4-8-19(24)22-26;19-15(16-20)8-4-5-13-9-11-18(12-10-13)23(21,22)17-14-6-2-1-3-7-14;13-9(11-16)3-1-2-8-4-6-12(7-5-8)10(14)15/h1-3,5-6,17-18,26H,4,7-15,21H2,(H,22,24);1-3,6-7,13,17,20H,4-5,8-12H2,(H,16,19);8,16H,1-7H2,(H,11,13)(H,14,15)/t18-;;/m1../s1. The van der Waals surface area contributed by atoms with Crippen molar-refractivity contribution >= 4 is 45.6 Å². The van der Waals surface area contributed by atoms with Crippen LogP contribution in [0.2, 0.25) is 0 Å². The third-order valence-electron chi connectivity index (χ3n) is 12.3. The van der Waals surface area contributed by atoms with Crippen molar-refractivity contribution in [2.75, 3.05) is 44.0 Å². The van der Waals surface area contributed by atoms with Gasteiger partial charge in [-0.3, -0.25) is 39.5 Å². The van der Waals surface area contributed by atoms with Crippen molar-refractivity contribution in [1.29, 1.82) is 0 Å². The number of amides is 5. The van der Waals surface area contributed by atoms with E-state index in [-0.39, 0.29) is 29.7 Å². The molecular formula is C45H72N8O11S. The molecule has 3 saturated heterocycles. The number of anilines is 1. The minimum Gasteiger partial charge on any atom is -0.465 e. The third-order valence-corrected chi connectivity index (χ3v) is 13.8. The van der Waals surface area contributed by atoms with E-state index in [2.05, 4.69) is 16.9 Å². The molecular weight excluding hydrogens is 861 g/mol. The van der Waals surface area contributed by atoms with Gasteiger partial charge in [-0.15, -0.1) is 0 Å². The zero-order valence-electron chi connectivity index (χ0n) is 37.5. The molecule has 0 radical (unpaired) electrons. The maximum absolute atomic E-state index is 12.4. The van der Waals surface area contributed by atoms with Gasteiger partial charge in [0.1, 0.15) is 0 Å². The molecule has 1 atom stereocenters. The van der Waals surface area contributed by atoms with Crippen LogP contribution in [0.4, 0.5) is 10.5 Å².